The molecule has 0 radical (unpaired) electrons. The topological polar surface area (TPSA) is 51.2 Å². The molecule has 0 aromatic rings. The number of carbonyl (C=O) groups is 2. The van der Waals surface area contributed by atoms with Crippen molar-refractivity contribution >= 4 is 21.5 Å². The van der Waals surface area contributed by atoms with Crippen LogP contribution in [0.25, 0.3) is 0 Å². The van der Waals surface area contributed by atoms with E-state index in [4.69, 9.17) is 0 Å². The number of carbonyl (C=O) groups excluding carboxylic acids is 2. The van der Waals surface area contributed by atoms with Crippen LogP contribution in [0.1, 0.15) is 32.1 Å². The standard InChI is InChI=1S/C8H12O3S/c9-6-12(11)8(10)7-4-2-1-3-5-7/h6-7H,1-5H2. The van der Waals surface area contributed by atoms with Crippen molar-refractivity contribution in [3.05, 3.63) is 0 Å². The van der Waals surface area contributed by atoms with Gasteiger partial charge in [-0.25, -0.2) is 4.21 Å². The van der Waals surface area contributed by atoms with Gasteiger partial charge in [0.25, 0.3) is 0 Å². The molecule has 1 saturated carbocycles. The highest BCUT2D eigenvalue weighted by atomic mass is 32.2. The molecule has 0 spiro atoms. The van der Waals surface area contributed by atoms with Crippen molar-refractivity contribution in [2.75, 3.05) is 0 Å². The predicted molar refractivity (Wildman–Crippen MR) is 46.5 cm³/mol. The Hall–Kier alpha value is -0.510. The SMILES string of the molecule is O=CS(=O)C(=O)C1CCCCC1. The van der Waals surface area contributed by atoms with E-state index in [1.54, 1.807) is 0 Å². The number of hydrogen-bond donors (Lipinski definition) is 0. The second-order valence-electron chi connectivity index (χ2n) is 3.05. The van der Waals surface area contributed by atoms with E-state index in [9.17, 15) is 13.8 Å². The summed E-state index contributed by atoms with van der Waals surface area (Å²) in [6, 6.07) is 0. The molecular formula is C8H12O3S. The smallest absolute Gasteiger partial charge is 0.229 e. The number of hydrogen-bond acceptors (Lipinski definition) is 3. The van der Waals surface area contributed by atoms with E-state index < -0.39 is 10.8 Å². The maximum atomic E-state index is 11.2. The fourth-order valence-electron chi connectivity index (χ4n) is 1.55. The molecule has 0 saturated heterocycles. The molecule has 0 aromatic heterocycles. The van der Waals surface area contributed by atoms with Gasteiger partial charge in [-0.3, -0.25) is 9.59 Å². The Morgan fingerprint density at radius 1 is 1.25 bits per heavy atom. The first kappa shape index (κ1) is 9.58. The Bertz CT molecular complexity index is 206. The lowest BCUT2D eigenvalue weighted by Gasteiger charge is -2.18. The second kappa shape index (κ2) is 4.50. The summed E-state index contributed by atoms with van der Waals surface area (Å²) in [5, 5.41) is -0.371. The molecule has 4 heteroatoms. The summed E-state index contributed by atoms with van der Waals surface area (Å²) in [5.74, 6) is -0.121. The van der Waals surface area contributed by atoms with Crippen LogP contribution in [0.2, 0.25) is 0 Å². The molecule has 1 atom stereocenters. The lowest BCUT2D eigenvalue weighted by Crippen LogP contribution is -2.22. The van der Waals surface area contributed by atoms with Crippen LogP contribution >= 0.6 is 0 Å². The lowest BCUT2D eigenvalue weighted by molar-refractivity contribution is -0.115. The lowest BCUT2D eigenvalue weighted by atomic mass is 9.90. The molecule has 0 aliphatic heterocycles. The third-order valence-corrected chi connectivity index (χ3v) is 3.13. The minimum atomic E-state index is -1.89. The van der Waals surface area contributed by atoms with Gasteiger partial charge in [0.1, 0.15) is 0 Å². The molecule has 1 aliphatic carbocycles. The predicted octanol–water partition coefficient (Wildman–Crippen LogP) is 1.03. The van der Waals surface area contributed by atoms with Crippen molar-refractivity contribution in [3.8, 4) is 0 Å². The first-order chi connectivity index (χ1) is 5.75. The highest BCUT2D eigenvalue weighted by Crippen LogP contribution is 2.24. The van der Waals surface area contributed by atoms with Gasteiger partial charge in [0.2, 0.25) is 10.7 Å². The van der Waals surface area contributed by atoms with Gasteiger partial charge in [0, 0.05) is 5.92 Å². The average molecular weight is 188 g/mol. The van der Waals surface area contributed by atoms with Crippen molar-refractivity contribution < 1.29 is 13.8 Å². The molecule has 3 nitrogen and oxygen atoms in total. The third kappa shape index (κ3) is 2.24. The largest absolute Gasteiger partial charge is 0.288 e. The minimum Gasteiger partial charge on any atom is -0.288 e. The van der Waals surface area contributed by atoms with Gasteiger partial charge in [-0.05, 0) is 12.8 Å². The van der Waals surface area contributed by atoms with E-state index in [0.717, 1.165) is 32.1 Å². The second-order valence-corrected chi connectivity index (χ2v) is 4.24. The Kier molecular flexibility index (Phi) is 3.59. The Morgan fingerprint density at radius 2 is 1.83 bits per heavy atom. The van der Waals surface area contributed by atoms with Crippen LogP contribution in [-0.4, -0.2) is 14.9 Å². The van der Waals surface area contributed by atoms with E-state index in [2.05, 4.69) is 0 Å². The van der Waals surface area contributed by atoms with E-state index >= 15 is 0 Å². The quantitative estimate of drug-likeness (QED) is 0.608. The van der Waals surface area contributed by atoms with Crippen LogP contribution in [-0.2, 0) is 20.4 Å². The highest BCUT2D eigenvalue weighted by molar-refractivity contribution is 8.11. The summed E-state index contributed by atoms with van der Waals surface area (Å²) in [6.45, 7) is 0. The monoisotopic (exact) mass is 188 g/mol. The molecule has 0 N–H and O–H groups in total. The third-order valence-electron chi connectivity index (χ3n) is 2.22. The Morgan fingerprint density at radius 3 is 2.33 bits per heavy atom. The summed E-state index contributed by atoms with van der Waals surface area (Å²) < 4.78 is 10.8. The van der Waals surface area contributed by atoms with E-state index in [1.807, 2.05) is 0 Å². The molecule has 68 valence electrons. The van der Waals surface area contributed by atoms with Gasteiger partial charge in [0.15, 0.2) is 10.8 Å². The molecule has 1 unspecified atom stereocenters. The Labute approximate surface area is 74.0 Å². The fraction of sp³-hybridized carbons (Fsp3) is 0.750. The van der Waals surface area contributed by atoms with E-state index in [0.29, 0.717) is 0 Å². The van der Waals surface area contributed by atoms with Gasteiger partial charge in [0.05, 0.1) is 0 Å². The van der Waals surface area contributed by atoms with Crippen molar-refractivity contribution in [2.24, 2.45) is 5.92 Å². The van der Waals surface area contributed by atoms with E-state index in [1.165, 1.54) is 0 Å². The van der Waals surface area contributed by atoms with Gasteiger partial charge < -0.3 is 0 Å². The van der Waals surface area contributed by atoms with Crippen molar-refractivity contribution in [2.45, 2.75) is 32.1 Å². The fourth-order valence-corrected chi connectivity index (χ4v) is 2.21. The molecule has 0 amide bonds. The molecule has 0 bridgehead atoms. The average Bonchev–Trinajstić information content (AvgIpc) is 2.17. The molecule has 1 aliphatic rings. The van der Waals surface area contributed by atoms with Crippen LogP contribution in [0.5, 0.6) is 0 Å². The number of rotatable bonds is 2. The molecule has 12 heavy (non-hydrogen) atoms. The van der Waals surface area contributed by atoms with Crippen molar-refractivity contribution in [1.82, 2.24) is 0 Å². The highest BCUT2D eigenvalue weighted by Gasteiger charge is 2.25. The molecular weight excluding hydrogens is 176 g/mol. The normalized spacial score (nSPS) is 21.7. The summed E-state index contributed by atoms with van der Waals surface area (Å²) >= 11 is 0. The van der Waals surface area contributed by atoms with Crippen molar-refractivity contribution in [3.63, 3.8) is 0 Å². The van der Waals surface area contributed by atoms with Gasteiger partial charge >= 0.3 is 0 Å². The molecule has 1 fully saturated rings. The van der Waals surface area contributed by atoms with Crippen LogP contribution in [0, 0.1) is 5.92 Å². The summed E-state index contributed by atoms with van der Waals surface area (Å²) in [7, 11) is -1.89. The zero-order chi connectivity index (χ0) is 8.97. The van der Waals surface area contributed by atoms with Crippen LogP contribution in [0.4, 0.5) is 0 Å². The zero-order valence-corrected chi connectivity index (χ0v) is 7.64. The zero-order valence-electron chi connectivity index (χ0n) is 6.82. The minimum absolute atomic E-state index is 0.121. The van der Waals surface area contributed by atoms with Crippen molar-refractivity contribution in [1.29, 1.82) is 0 Å². The van der Waals surface area contributed by atoms with Gasteiger partial charge in [-0.2, -0.15) is 0 Å². The molecule has 1 rings (SSSR count). The van der Waals surface area contributed by atoms with Crippen LogP contribution in [0.3, 0.4) is 0 Å². The first-order valence-electron chi connectivity index (χ1n) is 4.15. The molecule has 0 heterocycles. The molecule has 0 aromatic carbocycles. The maximum Gasteiger partial charge on any atom is 0.229 e. The van der Waals surface area contributed by atoms with Crippen LogP contribution in [0.15, 0.2) is 0 Å². The summed E-state index contributed by atoms with van der Waals surface area (Å²) in [6.07, 6.45) is 4.80. The van der Waals surface area contributed by atoms with Gasteiger partial charge in [-0.15, -0.1) is 0 Å². The maximum absolute atomic E-state index is 11.2. The van der Waals surface area contributed by atoms with Gasteiger partial charge in [-0.1, -0.05) is 19.3 Å². The summed E-state index contributed by atoms with van der Waals surface area (Å²) in [4.78, 5) is 21.3. The summed E-state index contributed by atoms with van der Waals surface area (Å²) in [5.41, 5.74) is 0.233. The van der Waals surface area contributed by atoms with E-state index in [-0.39, 0.29) is 16.7 Å². The van der Waals surface area contributed by atoms with Crippen LogP contribution < -0.4 is 0 Å². The first-order valence-corrected chi connectivity index (χ1v) is 5.36. The Balaban J connectivity index is 2.50.